The molecule has 0 atom stereocenters. The lowest BCUT2D eigenvalue weighted by Crippen LogP contribution is -2.07. The summed E-state index contributed by atoms with van der Waals surface area (Å²) in [6.45, 7) is 4.64. The number of aliphatic hydroxyl groups is 1. The minimum absolute atomic E-state index is 0.237. The van der Waals surface area contributed by atoms with Crippen LogP contribution in [0.15, 0.2) is 35.7 Å². The highest BCUT2D eigenvalue weighted by Crippen LogP contribution is 2.37. The van der Waals surface area contributed by atoms with Crippen molar-refractivity contribution in [2.75, 3.05) is 27.4 Å². The predicted molar refractivity (Wildman–Crippen MR) is 119 cm³/mol. The lowest BCUT2D eigenvalue weighted by Gasteiger charge is -2.13. The maximum atomic E-state index is 12.2. The van der Waals surface area contributed by atoms with Gasteiger partial charge in [-0.25, -0.2) is 9.78 Å². The van der Waals surface area contributed by atoms with Gasteiger partial charge in [0.15, 0.2) is 11.5 Å². The molecule has 0 aliphatic carbocycles. The average Bonchev–Trinajstić information content (AvgIpc) is 3.29. The Hall–Kier alpha value is -3.10. The summed E-state index contributed by atoms with van der Waals surface area (Å²) < 4.78 is 21.5. The van der Waals surface area contributed by atoms with E-state index in [0.29, 0.717) is 47.3 Å². The fourth-order valence-corrected chi connectivity index (χ4v) is 4.01. The largest absolute Gasteiger partial charge is 0.495 e. The van der Waals surface area contributed by atoms with E-state index in [0.717, 1.165) is 10.6 Å². The van der Waals surface area contributed by atoms with Crippen molar-refractivity contribution in [3.63, 3.8) is 0 Å². The summed E-state index contributed by atoms with van der Waals surface area (Å²) in [6.07, 6.45) is 0. The molecule has 3 rings (SSSR count). The smallest absolute Gasteiger partial charge is 0.341 e. The highest BCUT2D eigenvalue weighted by atomic mass is 32.1. The lowest BCUT2D eigenvalue weighted by atomic mass is 10.0. The van der Waals surface area contributed by atoms with E-state index >= 15 is 0 Å². The maximum absolute atomic E-state index is 12.2. The Morgan fingerprint density at radius 2 is 1.77 bits per heavy atom. The number of ether oxygens (including phenoxy) is 4. The van der Waals surface area contributed by atoms with E-state index in [1.807, 2.05) is 37.4 Å². The summed E-state index contributed by atoms with van der Waals surface area (Å²) in [7, 11) is 2.75. The van der Waals surface area contributed by atoms with E-state index in [-0.39, 0.29) is 12.2 Å². The third-order valence-corrected chi connectivity index (χ3v) is 5.43. The highest BCUT2D eigenvalue weighted by Gasteiger charge is 2.20. The second kappa shape index (κ2) is 10.3. The molecule has 0 spiro atoms. The first-order chi connectivity index (χ1) is 15.1. The Kier molecular flexibility index (Phi) is 7.49. The number of thiazole rings is 1. The second-order valence-corrected chi connectivity index (χ2v) is 7.29. The monoisotopic (exact) mass is 443 g/mol. The molecule has 0 bridgehead atoms. The van der Waals surface area contributed by atoms with Crippen LogP contribution in [0.1, 0.15) is 29.8 Å². The third-order valence-electron chi connectivity index (χ3n) is 4.54. The Bertz CT molecular complexity index is 1060. The quantitative estimate of drug-likeness (QED) is 0.485. The van der Waals surface area contributed by atoms with E-state index in [4.69, 9.17) is 23.9 Å². The van der Waals surface area contributed by atoms with Crippen molar-refractivity contribution in [3.8, 4) is 39.1 Å². The Morgan fingerprint density at radius 3 is 2.42 bits per heavy atom. The van der Waals surface area contributed by atoms with Crippen LogP contribution in [0.5, 0.6) is 17.2 Å². The number of carbonyl (C=O) groups is 1. The van der Waals surface area contributed by atoms with Gasteiger partial charge >= 0.3 is 5.97 Å². The minimum atomic E-state index is -0.545. The van der Waals surface area contributed by atoms with Gasteiger partial charge in [0.2, 0.25) is 0 Å². The summed E-state index contributed by atoms with van der Waals surface area (Å²) in [6, 6.07) is 9.13. The summed E-state index contributed by atoms with van der Waals surface area (Å²) in [5, 5.41) is 12.4. The number of nitrogens with zero attached hydrogens (tertiary/aromatic N) is 1. The zero-order valence-corrected chi connectivity index (χ0v) is 18.7. The first kappa shape index (κ1) is 22.6. The molecule has 1 aromatic heterocycles. The van der Waals surface area contributed by atoms with Crippen molar-refractivity contribution in [2.24, 2.45) is 0 Å². The van der Waals surface area contributed by atoms with Gasteiger partial charge in [-0.3, -0.25) is 0 Å². The van der Waals surface area contributed by atoms with Crippen molar-refractivity contribution >= 4 is 17.3 Å². The van der Waals surface area contributed by atoms with Crippen molar-refractivity contribution in [3.05, 3.63) is 46.8 Å². The topological polar surface area (TPSA) is 87.1 Å². The molecule has 3 aromatic rings. The van der Waals surface area contributed by atoms with Crippen molar-refractivity contribution < 1.29 is 28.8 Å². The number of rotatable bonds is 9. The van der Waals surface area contributed by atoms with Crippen LogP contribution in [-0.2, 0) is 11.3 Å². The molecule has 0 aliphatic heterocycles. The molecule has 7 nitrogen and oxygen atoms in total. The normalized spacial score (nSPS) is 10.6. The van der Waals surface area contributed by atoms with Gasteiger partial charge < -0.3 is 24.1 Å². The number of hydrogen-bond acceptors (Lipinski definition) is 8. The molecule has 1 heterocycles. The van der Waals surface area contributed by atoms with Crippen LogP contribution in [-0.4, -0.2) is 43.5 Å². The van der Waals surface area contributed by atoms with Gasteiger partial charge in [-0.15, -0.1) is 11.3 Å². The van der Waals surface area contributed by atoms with Crippen LogP contribution in [0.3, 0.4) is 0 Å². The molecule has 8 heteroatoms. The fourth-order valence-electron chi connectivity index (χ4n) is 3.18. The molecule has 1 N–H and O–H groups in total. The van der Waals surface area contributed by atoms with Gasteiger partial charge in [-0.05, 0) is 44.2 Å². The zero-order chi connectivity index (χ0) is 22.4. The van der Waals surface area contributed by atoms with Gasteiger partial charge in [0.25, 0.3) is 0 Å². The van der Waals surface area contributed by atoms with E-state index in [9.17, 15) is 9.90 Å². The van der Waals surface area contributed by atoms with E-state index in [1.165, 1.54) is 25.6 Å². The SMILES string of the molecule is CCOc1ccc(-c2nc(-c3cc(CO)c(OC)c(C(=O)OC)c3)cs2)cc1OCC. The summed E-state index contributed by atoms with van der Waals surface area (Å²) in [5.74, 6) is 1.10. The minimum Gasteiger partial charge on any atom is -0.495 e. The zero-order valence-electron chi connectivity index (χ0n) is 17.9. The number of benzene rings is 2. The standard InChI is InChI=1S/C23H25NO6S/c1-5-29-19-8-7-14(11-20(19)30-6-2)22-24-18(13-31-22)15-9-16(12-25)21(27-3)17(10-15)23(26)28-4/h7-11,13,25H,5-6,12H2,1-4H3. The van der Waals surface area contributed by atoms with E-state index in [2.05, 4.69) is 0 Å². The Morgan fingerprint density at radius 1 is 1.03 bits per heavy atom. The Balaban J connectivity index is 2.02. The van der Waals surface area contributed by atoms with Crippen LogP contribution in [0.2, 0.25) is 0 Å². The van der Waals surface area contributed by atoms with Crippen molar-refractivity contribution in [2.45, 2.75) is 20.5 Å². The van der Waals surface area contributed by atoms with Crippen LogP contribution < -0.4 is 14.2 Å². The van der Waals surface area contributed by atoms with Crippen LogP contribution in [0.4, 0.5) is 0 Å². The van der Waals surface area contributed by atoms with E-state index < -0.39 is 5.97 Å². The van der Waals surface area contributed by atoms with Gasteiger partial charge in [-0.1, -0.05) is 0 Å². The van der Waals surface area contributed by atoms with Gasteiger partial charge in [0, 0.05) is 22.1 Å². The first-order valence-corrected chi connectivity index (χ1v) is 10.7. The lowest BCUT2D eigenvalue weighted by molar-refractivity contribution is 0.0596. The molecule has 0 saturated carbocycles. The number of esters is 1. The van der Waals surface area contributed by atoms with Crippen LogP contribution >= 0.6 is 11.3 Å². The number of methoxy groups -OCH3 is 2. The van der Waals surface area contributed by atoms with Gasteiger partial charge in [0.1, 0.15) is 16.3 Å². The number of aliphatic hydroxyl groups excluding tert-OH is 1. The number of aromatic nitrogens is 1. The summed E-state index contributed by atoms with van der Waals surface area (Å²) in [5.41, 5.74) is 2.97. The summed E-state index contributed by atoms with van der Waals surface area (Å²) >= 11 is 1.47. The van der Waals surface area contributed by atoms with Crippen molar-refractivity contribution in [1.82, 2.24) is 4.98 Å². The Labute approximate surface area is 185 Å². The first-order valence-electron chi connectivity index (χ1n) is 9.82. The molecular formula is C23H25NO6S. The van der Waals surface area contributed by atoms with Crippen LogP contribution in [0, 0.1) is 0 Å². The molecule has 0 saturated heterocycles. The second-order valence-electron chi connectivity index (χ2n) is 6.43. The molecule has 0 unspecified atom stereocenters. The molecule has 0 aliphatic rings. The molecular weight excluding hydrogens is 418 g/mol. The average molecular weight is 444 g/mol. The molecule has 2 aromatic carbocycles. The third kappa shape index (κ3) is 4.81. The highest BCUT2D eigenvalue weighted by molar-refractivity contribution is 7.13. The molecule has 0 amide bonds. The number of carbonyl (C=O) groups excluding carboxylic acids is 1. The van der Waals surface area contributed by atoms with Crippen molar-refractivity contribution in [1.29, 1.82) is 0 Å². The number of hydrogen-bond donors (Lipinski definition) is 1. The maximum Gasteiger partial charge on any atom is 0.341 e. The molecule has 164 valence electrons. The van der Waals surface area contributed by atoms with Gasteiger partial charge in [0.05, 0.1) is 39.7 Å². The van der Waals surface area contributed by atoms with Crippen LogP contribution in [0.25, 0.3) is 21.8 Å². The molecule has 31 heavy (non-hydrogen) atoms. The fraction of sp³-hybridized carbons (Fsp3) is 0.304. The predicted octanol–water partition coefficient (Wildman–Crippen LogP) is 4.56. The van der Waals surface area contributed by atoms with Gasteiger partial charge in [-0.2, -0.15) is 0 Å². The molecule has 0 radical (unpaired) electrons. The van der Waals surface area contributed by atoms with E-state index in [1.54, 1.807) is 12.1 Å². The molecule has 0 fully saturated rings. The summed E-state index contributed by atoms with van der Waals surface area (Å²) in [4.78, 5) is 17.0.